The molecule has 1 aromatic carbocycles. The minimum atomic E-state index is -0.0420. The van der Waals surface area contributed by atoms with E-state index in [9.17, 15) is 9.90 Å². The monoisotopic (exact) mass is 314 g/mol. The first-order valence-electron chi connectivity index (χ1n) is 6.84. The molecule has 0 unspecified atom stereocenters. The predicted octanol–water partition coefficient (Wildman–Crippen LogP) is 2.26. The maximum absolute atomic E-state index is 11.8. The summed E-state index contributed by atoms with van der Waals surface area (Å²) < 4.78 is 5.06. The molecule has 0 heterocycles. The lowest BCUT2D eigenvalue weighted by Gasteiger charge is -2.18. The molecule has 118 valence electrons. The Labute approximate surface area is 130 Å². The molecule has 0 spiro atoms. The van der Waals surface area contributed by atoms with Gasteiger partial charge in [0.15, 0.2) is 11.5 Å². The number of hydrogen-bond acceptors (Lipinski definition) is 4. The largest absolute Gasteiger partial charge is 0.504 e. The van der Waals surface area contributed by atoms with Gasteiger partial charge in [0.1, 0.15) is 0 Å². The molecule has 1 aromatic rings. The van der Waals surface area contributed by atoms with Crippen LogP contribution in [0.3, 0.4) is 0 Å². The fourth-order valence-corrected chi connectivity index (χ4v) is 2.10. The van der Waals surface area contributed by atoms with Crippen molar-refractivity contribution >= 4 is 17.5 Å². The fourth-order valence-electron chi connectivity index (χ4n) is 1.87. The van der Waals surface area contributed by atoms with Crippen molar-refractivity contribution in [3.05, 3.63) is 22.7 Å². The molecule has 5 nitrogen and oxygen atoms in total. The molecule has 0 fully saturated rings. The predicted molar refractivity (Wildman–Crippen MR) is 83.9 cm³/mol. The molecule has 21 heavy (non-hydrogen) atoms. The molecule has 0 radical (unpaired) electrons. The molecule has 0 aliphatic rings. The van der Waals surface area contributed by atoms with Crippen molar-refractivity contribution in [2.24, 2.45) is 5.92 Å². The van der Waals surface area contributed by atoms with Crippen LogP contribution in [0, 0.1) is 5.92 Å². The van der Waals surface area contributed by atoms with Gasteiger partial charge in [0.25, 0.3) is 0 Å². The standard InChI is InChI=1S/C15H23ClN2O3/c1-10(2)7-17-14(19)9-18(3)8-11-5-12(16)6-13(21-4)15(11)20/h5-6,10,20H,7-9H2,1-4H3,(H,17,19). The highest BCUT2D eigenvalue weighted by Gasteiger charge is 2.13. The normalized spacial score (nSPS) is 11.0. The summed E-state index contributed by atoms with van der Waals surface area (Å²) in [5, 5.41) is 13.4. The first-order valence-corrected chi connectivity index (χ1v) is 7.22. The van der Waals surface area contributed by atoms with E-state index in [1.165, 1.54) is 7.11 Å². The summed E-state index contributed by atoms with van der Waals surface area (Å²) in [5.41, 5.74) is 0.624. The van der Waals surface area contributed by atoms with Crippen molar-refractivity contribution in [3.63, 3.8) is 0 Å². The molecule has 1 rings (SSSR count). The van der Waals surface area contributed by atoms with Crippen LogP contribution in [0.1, 0.15) is 19.4 Å². The van der Waals surface area contributed by atoms with Crippen molar-refractivity contribution in [1.82, 2.24) is 10.2 Å². The van der Waals surface area contributed by atoms with Gasteiger partial charge in [0.2, 0.25) is 5.91 Å². The number of aromatic hydroxyl groups is 1. The number of benzene rings is 1. The van der Waals surface area contributed by atoms with Gasteiger partial charge < -0.3 is 15.2 Å². The van der Waals surface area contributed by atoms with Crippen molar-refractivity contribution in [3.8, 4) is 11.5 Å². The first kappa shape index (κ1) is 17.6. The molecule has 0 aliphatic carbocycles. The Bertz CT molecular complexity index is 492. The highest BCUT2D eigenvalue weighted by atomic mass is 35.5. The molecule has 0 aliphatic heterocycles. The molecule has 0 aromatic heterocycles. The third kappa shape index (κ3) is 5.81. The Morgan fingerprint density at radius 1 is 1.48 bits per heavy atom. The van der Waals surface area contributed by atoms with E-state index in [1.807, 2.05) is 20.9 Å². The topological polar surface area (TPSA) is 61.8 Å². The van der Waals surface area contributed by atoms with Gasteiger partial charge in [-0.3, -0.25) is 9.69 Å². The van der Waals surface area contributed by atoms with Gasteiger partial charge in [-0.25, -0.2) is 0 Å². The van der Waals surface area contributed by atoms with Crippen molar-refractivity contribution in [1.29, 1.82) is 0 Å². The Morgan fingerprint density at radius 3 is 2.71 bits per heavy atom. The van der Waals surface area contributed by atoms with E-state index in [4.69, 9.17) is 16.3 Å². The van der Waals surface area contributed by atoms with E-state index >= 15 is 0 Å². The minimum Gasteiger partial charge on any atom is -0.504 e. The Kier molecular flexibility index (Phi) is 6.78. The van der Waals surface area contributed by atoms with Crippen LogP contribution >= 0.6 is 11.6 Å². The Balaban J connectivity index is 2.64. The lowest BCUT2D eigenvalue weighted by atomic mass is 10.1. The number of likely N-dealkylation sites (N-methyl/N-ethyl adjacent to an activating group) is 1. The first-order chi connectivity index (χ1) is 9.83. The summed E-state index contributed by atoms with van der Waals surface area (Å²) in [4.78, 5) is 13.6. The van der Waals surface area contributed by atoms with Crippen LogP contribution < -0.4 is 10.1 Å². The second kappa shape index (κ2) is 8.10. The van der Waals surface area contributed by atoms with E-state index in [0.717, 1.165) is 0 Å². The summed E-state index contributed by atoms with van der Waals surface area (Å²) in [6.45, 7) is 5.39. The molecule has 0 atom stereocenters. The smallest absolute Gasteiger partial charge is 0.234 e. The number of phenols is 1. The zero-order valence-corrected chi connectivity index (χ0v) is 13.7. The average molecular weight is 315 g/mol. The van der Waals surface area contributed by atoms with Crippen LogP contribution in [0.4, 0.5) is 0 Å². The summed E-state index contributed by atoms with van der Waals surface area (Å²) in [7, 11) is 3.28. The van der Waals surface area contributed by atoms with Crippen LogP contribution in [0.2, 0.25) is 5.02 Å². The zero-order valence-electron chi connectivity index (χ0n) is 12.9. The number of hydrogen-bond donors (Lipinski definition) is 2. The SMILES string of the molecule is COc1cc(Cl)cc(CN(C)CC(=O)NCC(C)C)c1O. The number of rotatable bonds is 7. The van der Waals surface area contributed by atoms with Crippen molar-refractivity contribution < 1.29 is 14.6 Å². The van der Waals surface area contributed by atoms with Gasteiger partial charge in [-0.15, -0.1) is 0 Å². The van der Waals surface area contributed by atoms with Gasteiger partial charge in [-0.1, -0.05) is 25.4 Å². The van der Waals surface area contributed by atoms with Gasteiger partial charge in [0.05, 0.1) is 13.7 Å². The minimum absolute atomic E-state index is 0.0420. The Morgan fingerprint density at radius 2 is 2.14 bits per heavy atom. The second-order valence-electron chi connectivity index (χ2n) is 5.49. The van der Waals surface area contributed by atoms with Crippen LogP contribution in [0.15, 0.2) is 12.1 Å². The number of methoxy groups -OCH3 is 1. The number of carbonyl (C=O) groups excluding carboxylic acids is 1. The van der Waals surface area contributed by atoms with Crippen LogP contribution in [0.5, 0.6) is 11.5 Å². The van der Waals surface area contributed by atoms with Crippen LogP contribution in [-0.4, -0.2) is 43.2 Å². The van der Waals surface area contributed by atoms with Gasteiger partial charge >= 0.3 is 0 Å². The molecule has 6 heteroatoms. The number of nitrogens with one attached hydrogen (secondary N) is 1. The second-order valence-corrected chi connectivity index (χ2v) is 5.92. The van der Waals surface area contributed by atoms with Crippen LogP contribution in [-0.2, 0) is 11.3 Å². The van der Waals surface area contributed by atoms with E-state index in [2.05, 4.69) is 5.32 Å². The molecule has 2 N–H and O–H groups in total. The van der Waals surface area contributed by atoms with Gasteiger partial charge in [0, 0.05) is 29.7 Å². The Hall–Kier alpha value is -1.46. The van der Waals surface area contributed by atoms with Crippen molar-refractivity contribution in [2.75, 3.05) is 27.2 Å². The fraction of sp³-hybridized carbons (Fsp3) is 0.533. The summed E-state index contributed by atoms with van der Waals surface area (Å²) in [6.07, 6.45) is 0. The van der Waals surface area contributed by atoms with Crippen molar-refractivity contribution in [2.45, 2.75) is 20.4 Å². The molecular formula is C15H23ClN2O3. The number of amides is 1. The number of carbonyl (C=O) groups is 1. The summed E-state index contributed by atoms with van der Waals surface area (Å²) >= 11 is 5.99. The number of nitrogens with zero attached hydrogens (tertiary/aromatic N) is 1. The third-order valence-corrected chi connectivity index (χ3v) is 3.12. The van der Waals surface area contributed by atoms with E-state index in [0.29, 0.717) is 35.3 Å². The number of phenolic OH excluding ortho intramolecular Hbond substituents is 1. The lowest BCUT2D eigenvalue weighted by molar-refractivity contribution is -0.122. The summed E-state index contributed by atoms with van der Waals surface area (Å²) in [5.74, 6) is 0.756. The summed E-state index contributed by atoms with van der Waals surface area (Å²) in [6, 6.07) is 3.22. The van der Waals surface area contributed by atoms with E-state index in [1.54, 1.807) is 17.0 Å². The highest BCUT2D eigenvalue weighted by molar-refractivity contribution is 6.30. The number of halogens is 1. The molecule has 0 bridgehead atoms. The molecule has 1 amide bonds. The van der Waals surface area contributed by atoms with Crippen LogP contribution in [0.25, 0.3) is 0 Å². The maximum atomic E-state index is 11.8. The van der Waals surface area contributed by atoms with E-state index < -0.39 is 0 Å². The van der Waals surface area contributed by atoms with E-state index in [-0.39, 0.29) is 18.2 Å². The molecule has 0 saturated carbocycles. The van der Waals surface area contributed by atoms with Gasteiger partial charge in [-0.05, 0) is 19.0 Å². The zero-order chi connectivity index (χ0) is 16.0. The highest BCUT2D eigenvalue weighted by Crippen LogP contribution is 2.33. The maximum Gasteiger partial charge on any atom is 0.234 e. The lowest BCUT2D eigenvalue weighted by Crippen LogP contribution is -2.36. The van der Waals surface area contributed by atoms with Gasteiger partial charge in [-0.2, -0.15) is 0 Å². The quantitative estimate of drug-likeness (QED) is 0.810. The number of ether oxygens (including phenoxy) is 1. The molecular weight excluding hydrogens is 292 g/mol. The third-order valence-electron chi connectivity index (χ3n) is 2.90. The average Bonchev–Trinajstić information content (AvgIpc) is 2.40. The molecule has 0 saturated heterocycles.